The topological polar surface area (TPSA) is 94.5 Å². The van der Waals surface area contributed by atoms with Gasteiger partial charge in [0.2, 0.25) is 0 Å². The normalized spacial score (nSPS) is 30.3. The second-order valence-electron chi connectivity index (χ2n) is 12.0. The van der Waals surface area contributed by atoms with E-state index in [-0.39, 0.29) is 36.9 Å². The number of carbonyl (C=O) groups is 1. The van der Waals surface area contributed by atoms with Crippen LogP contribution in [0.3, 0.4) is 0 Å². The quantitative estimate of drug-likeness (QED) is 0.184. The SMILES string of the molecule is CC(C=C[C@@H]1[C@@H](CC=CCCCC(=O)O)[C@@H](O)C[C@H]1OC1CCCCO1)(OC1CCCCO1)c1cc2ccccc2s1. The molecule has 3 aliphatic rings. The maximum Gasteiger partial charge on any atom is 0.303 e. The monoisotopic (exact) mass is 598 g/mol. The van der Waals surface area contributed by atoms with Crippen molar-refractivity contribution in [2.75, 3.05) is 13.2 Å². The molecule has 0 radical (unpaired) electrons. The average Bonchev–Trinajstić information content (AvgIpc) is 3.56. The van der Waals surface area contributed by atoms with Crippen LogP contribution in [0.15, 0.2) is 54.6 Å². The van der Waals surface area contributed by atoms with Crippen LogP contribution < -0.4 is 0 Å². The summed E-state index contributed by atoms with van der Waals surface area (Å²) in [4.78, 5) is 12.0. The standard InChI is InChI=1S/C34H46O7S/c1-34(41-33-17-9-11-21-39-33,30-22-24-12-6-7-14-29(24)42-30)19-18-26-25(13-4-2-3-5-15-31(36)37)27(35)23-28(26)40-32-16-8-10-20-38-32/h2,4,6-7,12,14,18-19,22,25-28,32-33,35H,3,5,8-11,13,15-17,20-21,23H2,1H3,(H,36,37)/t25-,26-,27+,28-,32?,33?,34?/m1/s1. The van der Waals surface area contributed by atoms with E-state index in [0.717, 1.165) is 43.4 Å². The van der Waals surface area contributed by atoms with E-state index in [1.165, 1.54) is 10.1 Å². The molecule has 1 saturated carbocycles. The largest absolute Gasteiger partial charge is 0.481 e. The Bertz CT molecular complexity index is 1160. The molecule has 2 N–H and O–H groups in total. The molecule has 8 heteroatoms. The number of hydrogen-bond acceptors (Lipinski definition) is 7. The van der Waals surface area contributed by atoms with Crippen molar-refractivity contribution in [2.24, 2.45) is 11.8 Å². The molecule has 5 rings (SSSR count). The molecule has 7 atom stereocenters. The molecule has 1 aromatic carbocycles. The summed E-state index contributed by atoms with van der Waals surface area (Å²) < 4.78 is 26.4. The summed E-state index contributed by atoms with van der Waals surface area (Å²) in [6, 6.07) is 10.6. The van der Waals surface area contributed by atoms with Gasteiger partial charge in [-0.15, -0.1) is 11.3 Å². The number of unbranched alkanes of at least 4 members (excludes halogenated alkanes) is 1. The van der Waals surface area contributed by atoms with Crippen molar-refractivity contribution in [1.82, 2.24) is 0 Å². The van der Waals surface area contributed by atoms with E-state index >= 15 is 0 Å². The Labute approximate surface area is 253 Å². The summed E-state index contributed by atoms with van der Waals surface area (Å²) >= 11 is 1.74. The van der Waals surface area contributed by atoms with Gasteiger partial charge in [-0.25, -0.2) is 0 Å². The van der Waals surface area contributed by atoms with Crippen molar-refractivity contribution in [3.63, 3.8) is 0 Å². The third-order valence-electron chi connectivity index (χ3n) is 8.76. The van der Waals surface area contributed by atoms with Crippen LogP contribution in [0.2, 0.25) is 0 Å². The lowest BCUT2D eigenvalue weighted by Crippen LogP contribution is -2.34. The minimum Gasteiger partial charge on any atom is -0.481 e. The molecule has 0 bridgehead atoms. The fraction of sp³-hybridized carbons (Fsp3) is 0.618. The second kappa shape index (κ2) is 15.1. The summed E-state index contributed by atoms with van der Waals surface area (Å²) in [7, 11) is 0. The van der Waals surface area contributed by atoms with Gasteiger partial charge in [0.15, 0.2) is 12.6 Å². The van der Waals surface area contributed by atoms with E-state index < -0.39 is 17.7 Å². The lowest BCUT2D eigenvalue weighted by Gasteiger charge is -2.34. The number of hydrogen-bond donors (Lipinski definition) is 2. The van der Waals surface area contributed by atoms with Crippen LogP contribution in [0.5, 0.6) is 0 Å². The Hall–Kier alpha value is -2.07. The predicted octanol–water partition coefficient (Wildman–Crippen LogP) is 7.33. The number of aliphatic hydroxyl groups excluding tert-OH is 1. The molecule has 7 nitrogen and oxygen atoms in total. The van der Waals surface area contributed by atoms with Gasteiger partial charge < -0.3 is 29.2 Å². The Morgan fingerprint density at radius 2 is 1.86 bits per heavy atom. The van der Waals surface area contributed by atoms with E-state index in [0.29, 0.717) is 38.9 Å². The molecule has 1 aliphatic carbocycles. The van der Waals surface area contributed by atoms with Gasteiger partial charge in [-0.05, 0) is 88.1 Å². The maximum atomic E-state index is 11.2. The third-order valence-corrected chi connectivity index (χ3v) is 10.1. The minimum atomic E-state index is -0.771. The smallest absolute Gasteiger partial charge is 0.303 e. The number of benzene rings is 1. The molecular formula is C34H46O7S. The van der Waals surface area contributed by atoms with Crippen molar-refractivity contribution in [1.29, 1.82) is 0 Å². The van der Waals surface area contributed by atoms with Crippen molar-refractivity contribution in [3.05, 3.63) is 59.5 Å². The molecule has 1 aromatic heterocycles. The van der Waals surface area contributed by atoms with Crippen molar-refractivity contribution in [3.8, 4) is 0 Å². The molecular weight excluding hydrogens is 552 g/mol. The molecule has 2 saturated heterocycles. The Kier molecular flexibility index (Phi) is 11.3. The van der Waals surface area contributed by atoms with Crippen LogP contribution in [-0.2, 0) is 29.3 Å². The fourth-order valence-electron chi connectivity index (χ4n) is 6.36. The number of aliphatic hydroxyl groups is 1. The molecule has 0 amide bonds. The van der Waals surface area contributed by atoms with Crippen LogP contribution in [0.4, 0.5) is 0 Å². The van der Waals surface area contributed by atoms with E-state index in [2.05, 4.69) is 55.5 Å². The molecule has 0 spiro atoms. The van der Waals surface area contributed by atoms with Crippen LogP contribution in [0.1, 0.15) is 82.4 Å². The summed E-state index contributed by atoms with van der Waals surface area (Å²) in [6.07, 6.45) is 16.1. The number of carboxylic acid groups (broad SMARTS) is 1. The predicted molar refractivity (Wildman–Crippen MR) is 164 cm³/mol. The zero-order valence-corrected chi connectivity index (χ0v) is 25.5. The van der Waals surface area contributed by atoms with Gasteiger partial charge in [-0.1, -0.05) is 42.5 Å². The van der Waals surface area contributed by atoms with Crippen LogP contribution in [-0.4, -0.2) is 54.2 Å². The zero-order valence-electron chi connectivity index (χ0n) is 24.7. The highest BCUT2D eigenvalue weighted by Crippen LogP contribution is 2.43. The first-order valence-electron chi connectivity index (χ1n) is 15.7. The first-order chi connectivity index (χ1) is 20.4. The number of fused-ring (bicyclic) bond motifs is 1. The van der Waals surface area contributed by atoms with Gasteiger partial charge >= 0.3 is 5.97 Å². The Balaban J connectivity index is 1.39. The van der Waals surface area contributed by atoms with Crippen molar-refractivity contribution in [2.45, 2.75) is 108 Å². The van der Waals surface area contributed by atoms with Crippen molar-refractivity contribution < 1.29 is 34.0 Å². The average molecular weight is 599 g/mol. The highest BCUT2D eigenvalue weighted by atomic mass is 32.1. The van der Waals surface area contributed by atoms with Crippen LogP contribution in [0.25, 0.3) is 10.1 Å². The minimum absolute atomic E-state index is 0.0249. The highest BCUT2D eigenvalue weighted by Gasteiger charge is 2.43. The number of allylic oxidation sites excluding steroid dienone is 2. The molecule has 42 heavy (non-hydrogen) atoms. The van der Waals surface area contributed by atoms with E-state index in [1.54, 1.807) is 11.3 Å². The maximum absolute atomic E-state index is 11.2. The third kappa shape index (κ3) is 8.30. The van der Waals surface area contributed by atoms with Gasteiger partial charge in [0.05, 0.1) is 12.2 Å². The molecule has 3 fully saturated rings. The van der Waals surface area contributed by atoms with Gasteiger partial charge in [0, 0.05) is 41.6 Å². The lowest BCUT2D eigenvalue weighted by molar-refractivity contribution is -0.209. The fourth-order valence-corrected chi connectivity index (χ4v) is 7.50. The summed E-state index contributed by atoms with van der Waals surface area (Å²) in [5.41, 5.74) is -0.706. The number of ether oxygens (including phenoxy) is 4. The summed E-state index contributed by atoms with van der Waals surface area (Å²) in [5.74, 6) is -0.825. The van der Waals surface area contributed by atoms with Crippen molar-refractivity contribution >= 4 is 27.4 Å². The molecule has 3 heterocycles. The van der Waals surface area contributed by atoms with E-state index in [9.17, 15) is 9.90 Å². The van der Waals surface area contributed by atoms with Crippen LogP contribution in [0, 0.1) is 11.8 Å². The van der Waals surface area contributed by atoms with Gasteiger partial charge in [0.1, 0.15) is 5.60 Å². The molecule has 3 unspecified atom stereocenters. The summed E-state index contributed by atoms with van der Waals surface area (Å²) in [5, 5.41) is 21.3. The first-order valence-corrected chi connectivity index (χ1v) is 16.5. The van der Waals surface area contributed by atoms with Crippen LogP contribution >= 0.6 is 11.3 Å². The number of aliphatic carboxylic acids is 1. The first kappa shape index (κ1) is 31.4. The summed E-state index contributed by atoms with van der Waals surface area (Å²) in [6.45, 7) is 3.54. The Morgan fingerprint density at radius 1 is 1.10 bits per heavy atom. The number of rotatable bonds is 13. The number of thiophene rings is 1. The van der Waals surface area contributed by atoms with Gasteiger partial charge in [-0.3, -0.25) is 4.79 Å². The molecule has 2 aliphatic heterocycles. The highest BCUT2D eigenvalue weighted by molar-refractivity contribution is 7.19. The zero-order chi connectivity index (χ0) is 29.4. The van der Waals surface area contributed by atoms with Gasteiger partial charge in [0.25, 0.3) is 0 Å². The van der Waals surface area contributed by atoms with Gasteiger partial charge in [-0.2, -0.15) is 0 Å². The number of carboxylic acids is 1. The molecule has 2 aromatic rings. The molecule has 230 valence electrons. The van der Waals surface area contributed by atoms with E-state index in [4.69, 9.17) is 24.1 Å². The lowest BCUT2D eigenvalue weighted by atomic mass is 9.88. The second-order valence-corrected chi connectivity index (χ2v) is 13.1. The van der Waals surface area contributed by atoms with E-state index in [1.807, 2.05) is 6.08 Å². The Morgan fingerprint density at radius 3 is 2.57 bits per heavy atom.